The van der Waals surface area contributed by atoms with Crippen molar-refractivity contribution in [2.24, 2.45) is 0 Å². The highest BCUT2D eigenvalue weighted by Crippen LogP contribution is 2.31. The van der Waals surface area contributed by atoms with E-state index in [-0.39, 0.29) is 0 Å². The normalized spacial score (nSPS) is 13.3. The molecule has 0 saturated carbocycles. The van der Waals surface area contributed by atoms with E-state index < -0.39 is 51.6 Å². The minimum Gasteiger partial charge on any atom is -0.427 e. The summed E-state index contributed by atoms with van der Waals surface area (Å²) in [5, 5.41) is 3.44. The first-order valence-electron chi connectivity index (χ1n) is 14.0. The van der Waals surface area contributed by atoms with Crippen molar-refractivity contribution >= 4 is 51.6 Å². The second-order valence-corrected chi connectivity index (χ2v) is 29.4. The molecule has 0 saturated heterocycles. The Labute approximate surface area is 267 Å². The Balaban J connectivity index is 5.84. The van der Waals surface area contributed by atoms with E-state index in [0.717, 1.165) is 25.9 Å². The zero-order valence-electron chi connectivity index (χ0n) is 27.4. The van der Waals surface area contributed by atoms with Crippen LogP contribution in [0.3, 0.4) is 0 Å². The minimum absolute atomic E-state index is 0.525. The molecule has 0 heterocycles. The molecular weight excluding hydrogens is 651 g/mol. The molecule has 0 aliphatic carbocycles. The first-order valence-corrected chi connectivity index (χ1v) is 26.8. The Bertz CT molecular complexity index is 896. The van der Waals surface area contributed by atoms with Crippen molar-refractivity contribution in [3.05, 3.63) is 85.9 Å². The monoisotopic (exact) mass is 705 g/mol. The third kappa shape index (κ3) is 12.4. The lowest BCUT2D eigenvalue weighted by Gasteiger charge is -2.42. The molecule has 0 bridgehead atoms. The van der Waals surface area contributed by atoms with Crippen LogP contribution in [-0.4, -0.2) is 100 Å². The standard InChI is InChI=1S/C27H55NO9Si6/c1-15-38(13,14)34-39(16-2,17-3)35-40(18-4,19-5)36-41(20-6,21-7)37-43(32-11,33-12)27-23-25-28-24-22-26-42(29-8,30-9)31-10/h15-21,28H,1-7,22-27H2,8-14H3. The summed E-state index contributed by atoms with van der Waals surface area (Å²) < 4.78 is 54.9. The molecule has 43 heavy (non-hydrogen) atoms. The van der Waals surface area contributed by atoms with Crippen LogP contribution in [0.2, 0.25) is 25.2 Å². The van der Waals surface area contributed by atoms with E-state index in [1.54, 1.807) is 69.7 Å². The average molecular weight is 706 g/mol. The predicted octanol–water partition coefficient (Wildman–Crippen LogP) is 5.14. The van der Waals surface area contributed by atoms with Crippen LogP contribution in [0.5, 0.6) is 0 Å². The Morgan fingerprint density at radius 3 is 1.12 bits per heavy atom. The summed E-state index contributed by atoms with van der Waals surface area (Å²) in [6.45, 7) is 33.6. The van der Waals surface area contributed by atoms with Gasteiger partial charge < -0.3 is 43.9 Å². The zero-order valence-corrected chi connectivity index (χ0v) is 33.4. The van der Waals surface area contributed by atoms with E-state index in [1.165, 1.54) is 0 Å². The zero-order chi connectivity index (χ0) is 33.3. The first-order chi connectivity index (χ1) is 20.3. The fourth-order valence-corrected chi connectivity index (χ4v) is 23.6. The Morgan fingerprint density at radius 1 is 0.465 bits per heavy atom. The molecule has 10 nitrogen and oxygen atoms in total. The molecule has 0 aromatic carbocycles. The van der Waals surface area contributed by atoms with Crippen molar-refractivity contribution < 1.29 is 38.6 Å². The largest absolute Gasteiger partial charge is 0.500 e. The lowest BCUT2D eigenvalue weighted by atomic mass is 10.4. The average Bonchev–Trinajstić information content (AvgIpc) is 3.04. The van der Waals surface area contributed by atoms with Gasteiger partial charge in [-0.25, -0.2) is 0 Å². The van der Waals surface area contributed by atoms with Crippen molar-refractivity contribution in [1.29, 1.82) is 0 Å². The molecule has 0 aromatic heterocycles. The SMILES string of the molecule is C=C[Si](C)(C)O[Si](C=C)(C=C)O[Si](C=C)(C=C)O[Si](C=C)(C=C)O[Si](CCCNCCC[Si](OC)(OC)OC)(OC)OC. The molecule has 0 rings (SSSR count). The lowest BCUT2D eigenvalue weighted by Crippen LogP contribution is -2.63. The maximum Gasteiger partial charge on any atom is 0.500 e. The van der Waals surface area contributed by atoms with Crippen LogP contribution >= 0.6 is 0 Å². The van der Waals surface area contributed by atoms with Crippen molar-refractivity contribution in [2.45, 2.75) is 38.0 Å². The summed E-state index contributed by atoms with van der Waals surface area (Å²) in [6, 6.07) is 1.24. The van der Waals surface area contributed by atoms with Crippen LogP contribution in [0.25, 0.3) is 0 Å². The van der Waals surface area contributed by atoms with Crippen LogP contribution in [0.15, 0.2) is 85.9 Å². The number of rotatable bonds is 28. The first kappa shape index (κ1) is 42.1. The smallest absolute Gasteiger partial charge is 0.427 e. The molecule has 246 valence electrons. The maximum absolute atomic E-state index is 6.75. The summed E-state index contributed by atoms with van der Waals surface area (Å²) >= 11 is 0. The topological polar surface area (TPSA) is 95.1 Å². The van der Waals surface area contributed by atoms with Crippen LogP contribution < -0.4 is 5.32 Å². The Kier molecular flexibility index (Phi) is 19.1. The van der Waals surface area contributed by atoms with E-state index in [0.29, 0.717) is 12.1 Å². The van der Waals surface area contributed by atoms with E-state index >= 15 is 0 Å². The van der Waals surface area contributed by atoms with Crippen molar-refractivity contribution in [3.8, 4) is 0 Å². The van der Waals surface area contributed by atoms with Crippen molar-refractivity contribution in [3.63, 3.8) is 0 Å². The summed E-state index contributed by atoms with van der Waals surface area (Å²) in [5.41, 5.74) is 11.7. The summed E-state index contributed by atoms with van der Waals surface area (Å²) in [5.74, 6) is 0. The quantitative estimate of drug-likeness (QED) is 0.0872. The van der Waals surface area contributed by atoms with Gasteiger partial charge in [-0.3, -0.25) is 0 Å². The molecular formula is C27H55NO9Si6. The molecule has 0 radical (unpaired) electrons. The number of hydrogen-bond donors (Lipinski definition) is 1. The Hall–Kier alpha value is -0.919. The molecule has 0 fully saturated rings. The fourth-order valence-electron chi connectivity index (χ4n) is 3.97. The summed E-state index contributed by atoms with van der Waals surface area (Å²) in [4.78, 5) is 0. The highest BCUT2D eigenvalue weighted by Gasteiger charge is 2.54. The third-order valence-electron chi connectivity index (χ3n) is 6.80. The molecule has 0 aromatic rings. The molecule has 0 atom stereocenters. The van der Waals surface area contributed by atoms with Gasteiger partial charge in [0.05, 0.1) is 0 Å². The van der Waals surface area contributed by atoms with Crippen LogP contribution in [0.1, 0.15) is 12.8 Å². The fraction of sp³-hybridized carbons (Fsp3) is 0.481. The summed E-state index contributed by atoms with van der Waals surface area (Å²) in [7, 11) is -10.2. The molecule has 1 N–H and O–H groups in total. The molecule has 0 aliphatic heterocycles. The van der Waals surface area contributed by atoms with Crippen LogP contribution in [0, 0.1) is 0 Å². The minimum atomic E-state index is -3.44. The molecule has 16 heteroatoms. The molecule has 0 amide bonds. The van der Waals surface area contributed by atoms with Crippen LogP contribution in [0.4, 0.5) is 0 Å². The van der Waals surface area contributed by atoms with Gasteiger partial charge in [0.2, 0.25) is 8.32 Å². The van der Waals surface area contributed by atoms with Gasteiger partial charge in [0.1, 0.15) is 0 Å². The van der Waals surface area contributed by atoms with Crippen molar-refractivity contribution in [2.75, 3.05) is 48.6 Å². The highest BCUT2D eigenvalue weighted by atomic mass is 28.5. The maximum atomic E-state index is 6.75. The highest BCUT2D eigenvalue weighted by molar-refractivity contribution is 6.99. The predicted molar refractivity (Wildman–Crippen MR) is 189 cm³/mol. The van der Waals surface area contributed by atoms with Gasteiger partial charge in [0.15, 0.2) is 0 Å². The van der Waals surface area contributed by atoms with E-state index in [4.69, 9.17) is 38.6 Å². The third-order valence-corrected chi connectivity index (χ3v) is 27.2. The van der Waals surface area contributed by atoms with Gasteiger partial charge in [-0.05, 0) is 73.2 Å². The van der Waals surface area contributed by atoms with Gasteiger partial charge in [-0.15, -0.1) is 46.1 Å². The Morgan fingerprint density at radius 2 is 0.791 bits per heavy atom. The molecule has 0 aliphatic rings. The van der Waals surface area contributed by atoms with E-state index in [9.17, 15) is 0 Å². The second-order valence-electron chi connectivity index (χ2n) is 9.95. The van der Waals surface area contributed by atoms with E-state index in [2.05, 4.69) is 51.4 Å². The molecule has 0 unspecified atom stereocenters. The van der Waals surface area contributed by atoms with Crippen LogP contribution in [-0.2, 0) is 38.6 Å². The number of nitrogens with one attached hydrogen (secondary N) is 1. The second kappa shape index (κ2) is 19.6. The van der Waals surface area contributed by atoms with E-state index in [1.807, 2.05) is 18.8 Å². The lowest BCUT2D eigenvalue weighted by molar-refractivity contribution is 0.123. The van der Waals surface area contributed by atoms with Gasteiger partial charge in [0.25, 0.3) is 0 Å². The van der Waals surface area contributed by atoms with Gasteiger partial charge in [-0.2, -0.15) is 0 Å². The van der Waals surface area contributed by atoms with Gasteiger partial charge in [-0.1, -0.05) is 5.70 Å². The summed E-state index contributed by atoms with van der Waals surface area (Å²) in [6.07, 6.45) is 1.58. The van der Waals surface area contributed by atoms with Gasteiger partial charge in [0, 0.05) is 47.6 Å². The molecule has 0 spiro atoms. The van der Waals surface area contributed by atoms with Crippen molar-refractivity contribution in [1.82, 2.24) is 5.32 Å². The van der Waals surface area contributed by atoms with Gasteiger partial charge >= 0.3 is 43.3 Å². The number of hydrogen-bond acceptors (Lipinski definition) is 10.